The fraction of sp³-hybridized carbons (Fsp3) is 0.167. The molecule has 0 saturated heterocycles. The molecule has 4 nitrogen and oxygen atoms in total. The summed E-state index contributed by atoms with van der Waals surface area (Å²) < 4.78 is 6.16. The Morgan fingerprint density at radius 2 is 2.05 bits per heavy atom. The average molecular weight is 364 g/mol. The molecule has 0 aliphatic heterocycles. The van der Waals surface area contributed by atoms with Gasteiger partial charge in [0.05, 0.1) is 22.3 Å². The topological polar surface area (TPSA) is 55.2 Å². The van der Waals surface area contributed by atoms with E-state index in [1.54, 1.807) is 19.1 Å². The maximum atomic E-state index is 9.05. The summed E-state index contributed by atoms with van der Waals surface area (Å²) in [5.41, 5.74) is 1.29. The van der Waals surface area contributed by atoms with E-state index >= 15 is 0 Å². The number of ether oxygens (including phenoxy) is 1. The summed E-state index contributed by atoms with van der Waals surface area (Å²) in [6.45, 7) is 1.65. The number of halogens is 3. The van der Waals surface area contributed by atoms with Crippen molar-refractivity contribution in [2.75, 3.05) is 0 Å². The first-order valence-electron chi connectivity index (χ1n) is 5.27. The van der Waals surface area contributed by atoms with Gasteiger partial charge in [-0.25, -0.2) is 4.98 Å². The highest BCUT2D eigenvalue weighted by atomic mass is 79.9. The van der Waals surface area contributed by atoms with E-state index < -0.39 is 0 Å². The van der Waals surface area contributed by atoms with Crippen molar-refractivity contribution in [1.29, 1.82) is 0 Å². The van der Waals surface area contributed by atoms with Crippen molar-refractivity contribution in [3.63, 3.8) is 0 Å². The molecule has 1 aromatic carbocycles. The molecule has 0 aliphatic rings. The van der Waals surface area contributed by atoms with Crippen molar-refractivity contribution >= 4 is 39.1 Å². The monoisotopic (exact) mass is 362 g/mol. The van der Waals surface area contributed by atoms with Crippen LogP contribution in [0.1, 0.15) is 11.3 Å². The molecule has 0 fully saturated rings. The van der Waals surface area contributed by atoms with Gasteiger partial charge in [0, 0.05) is 22.3 Å². The summed E-state index contributed by atoms with van der Waals surface area (Å²) in [5, 5.41) is 9.91. The van der Waals surface area contributed by atoms with Crippen LogP contribution in [0.5, 0.6) is 11.8 Å². The lowest BCUT2D eigenvalue weighted by molar-refractivity contribution is 0.279. The third-order valence-electron chi connectivity index (χ3n) is 2.41. The molecule has 100 valence electrons. The molecular weight excluding hydrogens is 355 g/mol. The molecule has 0 aliphatic carbocycles. The van der Waals surface area contributed by atoms with E-state index in [1.807, 2.05) is 0 Å². The molecule has 1 N–H and O–H groups in total. The Kier molecular flexibility index (Phi) is 4.62. The van der Waals surface area contributed by atoms with Crippen LogP contribution in [0.15, 0.2) is 22.8 Å². The van der Waals surface area contributed by atoms with Crippen LogP contribution in [-0.2, 0) is 6.61 Å². The summed E-state index contributed by atoms with van der Waals surface area (Å²) in [5.74, 6) is 0.367. The Morgan fingerprint density at radius 1 is 1.32 bits per heavy atom. The van der Waals surface area contributed by atoms with E-state index in [2.05, 4.69) is 25.9 Å². The van der Waals surface area contributed by atoms with E-state index in [4.69, 9.17) is 33.0 Å². The molecule has 0 amide bonds. The van der Waals surface area contributed by atoms with Crippen LogP contribution < -0.4 is 4.74 Å². The molecule has 1 heterocycles. The highest BCUT2D eigenvalue weighted by Crippen LogP contribution is 2.35. The highest BCUT2D eigenvalue weighted by Gasteiger charge is 2.10. The predicted octanol–water partition coefficient (Wildman–Crippen LogP) is 4.14. The van der Waals surface area contributed by atoms with Gasteiger partial charge in [-0.3, -0.25) is 0 Å². The van der Waals surface area contributed by atoms with Gasteiger partial charge < -0.3 is 9.84 Å². The third kappa shape index (κ3) is 3.36. The first-order chi connectivity index (χ1) is 9.01. The fourth-order valence-corrected chi connectivity index (χ4v) is 2.19. The number of aromatic nitrogens is 2. The second kappa shape index (κ2) is 6.05. The summed E-state index contributed by atoms with van der Waals surface area (Å²) >= 11 is 15.3. The molecule has 7 heteroatoms. The smallest absolute Gasteiger partial charge is 0.322 e. The molecule has 19 heavy (non-hydrogen) atoms. The Hall–Kier alpha value is -0.880. The van der Waals surface area contributed by atoms with Crippen LogP contribution in [0.4, 0.5) is 0 Å². The minimum absolute atomic E-state index is 0.114. The first-order valence-corrected chi connectivity index (χ1v) is 6.82. The van der Waals surface area contributed by atoms with Crippen molar-refractivity contribution in [2.24, 2.45) is 0 Å². The third-order valence-corrected chi connectivity index (χ3v) is 3.90. The molecule has 0 bridgehead atoms. The number of hydrogen-bond donors (Lipinski definition) is 1. The van der Waals surface area contributed by atoms with Gasteiger partial charge in [-0.15, -0.1) is 0 Å². The zero-order valence-electron chi connectivity index (χ0n) is 9.82. The molecule has 0 spiro atoms. The molecule has 0 radical (unpaired) electrons. The van der Waals surface area contributed by atoms with Gasteiger partial charge in [0.15, 0.2) is 5.75 Å². The lowest BCUT2D eigenvalue weighted by Gasteiger charge is -2.08. The summed E-state index contributed by atoms with van der Waals surface area (Å²) in [4.78, 5) is 8.12. The summed E-state index contributed by atoms with van der Waals surface area (Å²) in [7, 11) is 0. The van der Waals surface area contributed by atoms with Gasteiger partial charge in [0.2, 0.25) is 0 Å². The van der Waals surface area contributed by atoms with Gasteiger partial charge in [-0.2, -0.15) is 4.98 Å². The van der Waals surface area contributed by atoms with Crippen molar-refractivity contribution in [3.05, 3.63) is 44.1 Å². The number of aliphatic hydroxyl groups is 1. The second-order valence-corrected chi connectivity index (χ2v) is 5.39. The number of hydrogen-bond acceptors (Lipinski definition) is 4. The summed E-state index contributed by atoms with van der Waals surface area (Å²) in [6, 6.07) is 3.36. The van der Waals surface area contributed by atoms with E-state index in [9.17, 15) is 0 Å². The van der Waals surface area contributed by atoms with Crippen molar-refractivity contribution < 1.29 is 9.84 Å². The predicted molar refractivity (Wildman–Crippen MR) is 76.9 cm³/mol. The molecule has 0 atom stereocenters. The normalized spacial score (nSPS) is 10.6. The largest absolute Gasteiger partial charge is 0.423 e. The zero-order chi connectivity index (χ0) is 14.0. The number of nitrogens with zero attached hydrogens (tertiary/aromatic N) is 2. The number of aliphatic hydroxyl groups excluding tert-OH is 1. The van der Waals surface area contributed by atoms with E-state index in [0.717, 1.165) is 0 Å². The quantitative estimate of drug-likeness (QED) is 0.832. The molecule has 2 aromatic rings. The average Bonchev–Trinajstić information content (AvgIpc) is 2.36. The highest BCUT2D eigenvalue weighted by molar-refractivity contribution is 9.10. The van der Waals surface area contributed by atoms with Crippen LogP contribution in [0.25, 0.3) is 0 Å². The number of rotatable bonds is 3. The molecule has 2 rings (SSSR count). The van der Waals surface area contributed by atoms with Crippen LogP contribution in [0, 0.1) is 6.92 Å². The van der Waals surface area contributed by atoms with E-state index in [1.165, 1.54) is 6.20 Å². The zero-order valence-corrected chi connectivity index (χ0v) is 12.9. The molecule has 1 aromatic heterocycles. The number of aryl methyl sites for hydroxylation is 1. The maximum Gasteiger partial charge on any atom is 0.322 e. The second-order valence-electron chi connectivity index (χ2n) is 3.72. The van der Waals surface area contributed by atoms with Crippen molar-refractivity contribution in [2.45, 2.75) is 13.5 Å². The van der Waals surface area contributed by atoms with E-state index in [-0.39, 0.29) is 12.6 Å². The number of benzene rings is 1. The Bertz CT molecular complexity index is 623. The van der Waals surface area contributed by atoms with Gasteiger partial charge in [-0.1, -0.05) is 23.2 Å². The standard InChI is InChI=1S/C12H9BrCl2N2O2/c1-6-7(5-18)4-16-12(17-6)19-11-3-9(14)8(13)2-10(11)15/h2-4,18H,5H2,1H3. The molecule has 0 saturated carbocycles. The molecule has 0 unspecified atom stereocenters. The minimum Gasteiger partial charge on any atom is -0.423 e. The Labute approximate surface area is 128 Å². The maximum absolute atomic E-state index is 9.05. The van der Waals surface area contributed by atoms with Gasteiger partial charge in [0.1, 0.15) is 0 Å². The summed E-state index contributed by atoms with van der Waals surface area (Å²) in [6.07, 6.45) is 1.51. The van der Waals surface area contributed by atoms with Crippen LogP contribution >= 0.6 is 39.1 Å². The lowest BCUT2D eigenvalue weighted by atomic mass is 10.3. The van der Waals surface area contributed by atoms with Crippen LogP contribution in [-0.4, -0.2) is 15.1 Å². The van der Waals surface area contributed by atoms with Gasteiger partial charge >= 0.3 is 6.01 Å². The Balaban J connectivity index is 2.31. The lowest BCUT2D eigenvalue weighted by Crippen LogP contribution is -1.98. The van der Waals surface area contributed by atoms with Crippen LogP contribution in [0.3, 0.4) is 0 Å². The van der Waals surface area contributed by atoms with Gasteiger partial charge in [-0.05, 0) is 28.9 Å². The van der Waals surface area contributed by atoms with Crippen molar-refractivity contribution in [1.82, 2.24) is 9.97 Å². The fourth-order valence-electron chi connectivity index (χ4n) is 1.36. The van der Waals surface area contributed by atoms with Crippen LogP contribution in [0.2, 0.25) is 10.0 Å². The first kappa shape index (κ1) is 14.5. The van der Waals surface area contributed by atoms with Crippen molar-refractivity contribution in [3.8, 4) is 11.8 Å². The van der Waals surface area contributed by atoms with Gasteiger partial charge in [0.25, 0.3) is 0 Å². The Morgan fingerprint density at radius 3 is 2.68 bits per heavy atom. The minimum atomic E-state index is -0.114. The molecular formula is C12H9BrCl2N2O2. The SMILES string of the molecule is Cc1nc(Oc2cc(Cl)c(Br)cc2Cl)ncc1CO. The van der Waals surface area contributed by atoms with E-state index in [0.29, 0.717) is 31.5 Å².